The van der Waals surface area contributed by atoms with E-state index in [1.54, 1.807) is 22.7 Å². The number of esters is 1. The SMILES string of the molecule is CCCC(NCC(=O)OC(C)(C)C)C(=O)N(Cc1cccs1)Cc1cccs1. The molecule has 0 aromatic carbocycles. The molecular formula is C21H30N2O3S2. The second kappa shape index (κ2) is 10.7. The minimum Gasteiger partial charge on any atom is -0.459 e. The first-order valence-electron chi connectivity index (χ1n) is 9.57. The fourth-order valence-electron chi connectivity index (χ4n) is 2.80. The van der Waals surface area contributed by atoms with Gasteiger partial charge in [-0.15, -0.1) is 22.7 Å². The molecule has 0 fully saturated rings. The van der Waals surface area contributed by atoms with E-state index in [0.29, 0.717) is 19.5 Å². The zero-order valence-electron chi connectivity index (χ0n) is 17.1. The van der Waals surface area contributed by atoms with Gasteiger partial charge in [-0.25, -0.2) is 0 Å². The second-order valence-electron chi connectivity index (χ2n) is 7.66. The van der Waals surface area contributed by atoms with E-state index < -0.39 is 11.6 Å². The second-order valence-corrected chi connectivity index (χ2v) is 9.73. The van der Waals surface area contributed by atoms with Crippen LogP contribution in [0.5, 0.6) is 0 Å². The maximum absolute atomic E-state index is 13.3. The lowest BCUT2D eigenvalue weighted by Gasteiger charge is -2.28. The summed E-state index contributed by atoms with van der Waals surface area (Å²) < 4.78 is 5.35. The van der Waals surface area contributed by atoms with Gasteiger partial charge in [0, 0.05) is 9.75 Å². The van der Waals surface area contributed by atoms with E-state index in [1.807, 2.05) is 67.6 Å². The van der Waals surface area contributed by atoms with Gasteiger partial charge < -0.3 is 9.64 Å². The van der Waals surface area contributed by atoms with Crippen LogP contribution < -0.4 is 5.32 Å². The molecule has 0 aliphatic carbocycles. The van der Waals surface area contributed by atoms with Crippen LogP contribution in [-0.2, 0) is 27.4 Å². The van der Waals surface area contributed by atoms with Gasteiger partial charge in [0.2, 0.25) is 5.91 Å². The lowest BCUT2D eigenvalue weighted by Crippen LogP contribution is -2.48. The van der Waals surface area contributed by atoms with Gasteiger partial charge in [0.15, 0.2) is 0 Å². The Labute approximate surface area is 175 Å². The molecule has 0 aliphatic rings. The first kappa shape index (κ1) is 22.6. The van der Waals surface area contributed by atoms with E-state index in [1.165, 1.54) is 0 Å². The average Bonchev–Trinajstić information content (AvgIpc) is 3.30. The summed E-state index contributed by atoms with van der Waals surface area (Å²) in [7, 11) is 0. The number of rotatable bonds is 10. The number of amides is 1. The van der Waals surface area contributed by atoms with Crippen molar-refractivity contribution in [3.63, 3.8) is 0 Å². The van der Waals surface area contributed by atoms with Gasteiger partial charge in [0.1, 0.15) is 5.60 Å². The third kappa shape index (κ3) is 7.73. The lowest BCUT2D eigenvalue weighted by atomic mass is 10.1. The predicted octanol–water partition coefficient (Wildman–Crippen LogP) is 4.44. The van der Waals surface area contributed by atoms with Gasteiger partial charge in [0.05, 0.1) is 25.7 Å². The highest BCUT2D eigenvalue weighted by Crippen LogP contribution is 2.19. The first-order chi connectivity index (χ1) is 13.3. The van der Waals surface area contributed by atoms with Crippen LogP contribution in [0.3, 0.4) is 0 Å². The van der Waals surface area contributed by atoms with Gasteiger partial charge in [-0.3, -0.25) is 14.9 Å². The van der Waals surface area contributed by atoms with E-state index >= 15 is 0 Å². The largest absolute Gasteiger partial charge is 0.459 e. The van der Waals surface area contributed by atoms with E-state index in [4.69, 9.17) is 4.74 Å². The highest BCUT2D eigenvalue weighted by Gasteiger charge is 2.26. The van der Waals surface area contributed by atoms with E-state index in [9.17, 15) is 9.59 Å². The highest BCUT2D eigenvalue weighted by molar-refractivity contribution is 7.10. The molecule has 0 radical (unpaired) electrons. The number of carbonyl (C=O) groups excluding carboxylic acids is 2. The quantitative estimate of drug-likeness (QED) is 0.575. The fourth-order valence-corrected chi connectivity index (χ4v) is 4.24. The first-order valence-corrected chi connectivity index (χ1v) is 11.3. The highest BCUT2D eigenvalue weighted by atomic mass is 32.1. The maximum Gasteiger partial charge on any atom is 0.320 e. The van der Waals surface area contributed by atoms with Crippen LogP contribution in [0.2, 0.25) is 0 Å². The summed E-state index contributed by atoms with van der Waals surface area (Å²) in [6.45, 7) is 8.72. The normalized spacial score (nSPS) is 12.6. The number of hydrogen-bond acceptors (Lipinski definition) is 6. The molecular weight excluding hydrogens is 392 g/mol. The van der Waals surface area contributed by atoms with Gasteiger partial charge >= 0.3 is 5.97 Å². The molecule has 0 spiro atoms. The Morgan fingerprint density at radius 1 is 1.11 bits per heavy atom. The number of nitrogens with zero attached hydrogens (tertiary/aromatic N) is 1. The van der Waals surface area contributed by atoms with Crippen LogP contribution in [-0.4, -0.2) is 35.0 Å². The zero-order valence-corrected chi connectivity index (χ0v) is 18.7. The monoisotopic (exact) mass is 422 g/mol. The summed E-state index contributed by atoms with van der Waals surface area (Å²) in [6, 6.07) is 7.68. The molecule has 1 unspecified atom stereocenters. The molecule has 28 heavy (non-hydrogen) atoms. The molecule has 2 aromatic heterocycles. The summed E-state index contributed by atoms with van der Waals surface area (Å²) in [5, 5.41) is 7.17. The molecule has 5 nitrogen and oxygen atoms in total. The Morgan fingerprint density at radius 3 is 2.11 bits per heavy atom. The number of ether oxygens (including phenoxy) is 1. The molecule has 2 heterocycles. The fraction of sp³-hybridized carbons (Fsp3) is 0.524. The van der Waals surface area contributed by atoms with Crippen molar-refractivity contribution in [3.05, 3.63) is 44.8 Å². The molecule has 0 bridgehead atoms. The molecule has 1 N–H and O–H groups in total. The summed E-state index contributed by atoms with van der Waals surface area (Å²) in [5.41, 5.74) is -0.534. The van der Waals surface area contributed by atoms with Crippen molar-refractivity contribution in [1.82, 2.24) is 10.2 Å². The molecule has 7 heteroatoms. The Balaban J connectivity index is 2.06. The van der Waals surface area contributed by atoms with Gasteiger partial charge in [0.25, 0.3) is 0 Å². The minimum atomic E-state index is -0.534. The molecule has 1 atom stereocenters. The van der Waals surface area contributed by atoms with Crippen LogP contribution in [0.4, 0.5) is 0 Å². The van der Waals surface area contributed by atoms with Gasteiger partial charge in [-0.05, 0) is 50.1 Å². The van der Waals surface area contributed by atoms with E-state index in [-0.39, 0.29) is 18.4 Å². The number of nitrogens with one attached hydrogen (secondary N) is 1. The Morgan fingerprint density at radius 2 is 1.68 bits per heavy atom. The Bertz CT molecular complexity index is 685. The summed E-state index contributed by atoms with van der Waals surface area (Å²) in [4.78, 5) is 29.5. The third-order valence-corrected chi connectivity index (χ3v) is 5.68. The van der Waals surface area contributed by atoms with Crippen molar-refractivity contribution in [1.29, 1.82) is 0 Å². The predicted molar refractivity (Wildman–Crippen MR) is 115 cm³/mol. The van der Waals surface area contributed by atoms with Crippen molar-refractivity contribution in [2.75, 3.05) is 6.54 Å². The molecule has 154 valence electrons. The minimum absolute atomic E-state index is 0.0206. The third-order valence-electron chi connectivity index (χ3n) is 3.95. The lowest BCUT2D eigenvalue weighted by molar-refractivity contribution is -0.153. The molecule has 2 aromatic rings. The molecule has 1 amide bonds. The topological polar surface area (TPSA) is 58.6 Å². The standard InChI is InChI=1S/C21H30N2O3S2/c1-5-8-18(22-13-19(24)26-21(2,3)4)20(25)23(14-16-9-6-11-27-16)15-17-10-7-12-28-17/h6-7,9-12,18,22H,5,8,13-15H2,1-4H3. The average molecular weight is 423 g/mol. The van der Waals surface area contributed by atoms with Gasteiger partial charge in [-0.2, -0.15) is 0 Å². The van der Waals surface area contributed by atoms with Crippen LogP contribution >= 0.6 is 22.7 Å². The smallest absolute Gasteiger partial charge is 0.320 e. The Hall–Kier alpha value is -1.70. The van der Waals surface area contributed by atoms with Gasteiger partial charge in [-0.1, -0.05) is 25.5 Å². The zero-order chi connectivity index (χ0) is 20.6. The number of carbonyl (C=O) groups is 2. The molecule has 2 rings (SSSR count). The summed E-state index contributed by atoms with van der Waals surface area (Å²) in [5.74, 6) is -0.323. The summed E-state index contributed by atoms with van der Waals surface area (Å²) in [6.07, 6.45) is 1.52. The van der Waals surface area contributed by atoms with Crippen LogP contribution in [0.15, 0.2) is 35.0 Å². The molecule has 0 aliphatic heterocycles. The maximum atomic E-state index is 13.3. The van der Waals surface area contributed by atoms with E-state index in [2.05, 4.69) is 5.32 Å². The van der Waals surface area contributed by atoms with E-state index in [0.717, 1.165) is 16.2 Å². The molecule has 0 saturated heterocycles. The van der Waals surface area contributed by atoms with Crippen molar-refractivity contribution < 1.29 is 14.3 Å². The Kier molecular flexibility index (Phi) is 8.66. The molecule has 0 saturated carbocycles. The van der Waals surface area contributed by atoms with Crippen LogP contribution in [0.1, 0.15) is 50.3 Å². The number of hydrogen-bond donors (Lipinski definition) is 1. The van der Waals surface area contributed by atoms with Crippen LogP contribution in [0, 0.1) is 0 Å². The van der Waals surface area contributed by atoms with Crippen molar-refractivity contribution >= 4 is 34.6 Å². The van der Waals surface area contributed by atoms with Crippen LogP contribution in [0.25, 0.3) is 0 Å². The van der Waals surface area contributed by atoms with Crippen molar-refractivity contribution in [3.8, 4) is 0 Å². The van der Waals surface area contributed by atoms with Crippen molar-refractivity contribution in [2.45, 2.75) is 65.3 Å². The van der Waals surface area contributed by atoms with Crippen molar-refractivity contribution in [2.24, 2.45) is 0 Å². The summed E-state index contributed by atoms with van der Waals surface area (Å²) >= 11 is 3.29. The number of thiophene rings is 2.